The van der Waals surface area contributed by atoms with E-state index in [-0.39, 0.29) is 0 Å². The molecule has 1 rings (SSSR count). The highest BCUT2D eigenvalue weighted by molar-refractivity contribution is 5.60. The molecule has 0 saturated carbocycles. The van der Waals surface area contributed by atoms with Gasteiger partial charge in [-0.25, -0.2) is 0 Å². The minimum absolute atomic E-state index is 0.802. The molecule has 0 spiro atoms. The zero-order valence-corrected chi connectivity index (χ0v) is 8.25. The second-order valence-electron chi connectivity index (χ2n) is 3.28. The summed E-state index contributed by atoms with van der Waals surface area (Å²) in [4.78, 5) is 2.06. The van der Waals surface area contributed by atoms with Crippen molar-refractivity contribution in [2.24, 2.45) is 0 Å². The molecule has 0 saturated heterocycles. The van der Waals surface area contributed by atoms with E-state index in [2.05, 4.69) is 11.5 Å². The third-order valence-electron chi connectivity index (χ3n) is 1.96. The average molecular weight is 176 g/mol. The Hall–Kier alpha value is -1.44. The largest absolute Gasteiger partial charge is 0.399 e. The summed E-state index contributed by atoms with van der Waals surface area (Å²) in [5.74, 6) is 0. The lowest BCUT2D eigenvalue weighted by Gasteiger charge is -2.17. The predicted octanol–water partition coefficient (Wildman–Crippen LogP) is 2.06. The van der Waals surface area contributed by atoms with Crippen molar-refractivity contribution in [2.45, 2.75) is 6.42 Å². The molecule has 1 aromatic carbocycles. The summed E-state index contributed by atoms with van der Waals surface area (Å²) in [6.07, 6.45) is 2.78. The molecule has 13 heavy (non-hydrogen) atoms. The van der Waals surface area contributed by atoms with Gasteiger partial charge in [0.05, 0.1) is 0 Å². The maximum Gasteiger partial charge on any atom is 0.0417 e. The van der Waals surface area contributed by atoms with Crippen LogP contribution in [-0.2, 0) is 6.42 Å². The van der Waals surface area contributed by atoms with E-state index in [9.17, 15) is 0 Å². The van der Waals surface area contributed by atoms with Gasteiger partial charge < -0.3 is 10.6 Å². The van der Waals surface area contributed by atoms with Crippen molar-refractivity contribution in [3.8, 4) is 0 Å². The fourth-order valence-electron chi connectivity index (χ4n) is 1.33. The number of anilines is 2. The maximum absolute atomic E-state index is 5.71. The van der Waals surface area contributed by atoms with Gasteiger partial charge in [0, 0.05) is 25.5 Å². The molecule has 0 radical (unpaired) electrons. The molecule has 0 aliphatic rings. The lowest BCUT2D eigenvalue weighted by Crippen LogP contribution is -2.11. The fraction of sp³-hybridized carbons (Fsp3) is 0.273. The molecule has 1 aromatic rings. The van der Waals surface area contributed by atoms with Crippen LogP contribution in [0.2, 0.25) is 0 Å². The van der Waals surface area contributed by atoms with Crippen LogP contribution < -0.4 is 10.6 Å². The van der Waals surface area contributed by atoms with Crippen LogP contribution in [0.25, 0.3) is 0 Å². The van der Waals surface area contributed by atoms with Crippen LogP contribution in [0.15, 0.2) is 30.9 Å². The Morgan fingerprint density at radius 2 is 2.15 bits per heavy atom. The van der Waals surface area contributed by atoms with E-state index in [1.165, 1.54) is 11.3 Å². The molecule has 0 unspecified atom stereocenters. The summed E-state index contributed by atoms with van der Waals surface area (Å²) in [5.41, 5.74) is 8.94. The second kappa shape index (κ2) is 3.99. The van der Waals surface area contributed by atoms with Crippen molar-refractivity contribution in [3.05, 3.63) is 36.4 Å². The Kier molecular flexibility index (Phi) is 2.96. The minimum Gasteiger partial charge on any atom is -0.399 e. The quantitative estimate of drug-likeness (QED) is 0.564. The number of hydrogen-bond acceptors (Lipinski definition) is 2. The average Bonchev–Trinajstić information content (AvgIpc) is 2.08. The van der Waals surface area contributed by atoms with Gasteiger partial charge in [-0.1, -0.05) is 12.1 Å². The standard InChI is InChI=1S/C11H16N2/c1-4-5-9-6-7-10(12)8-11(9)13(2)3/h4,6-8H,1,5,12H2,2-3H3. The van der Waals surface area contributed by atoms with Crippen molar-refractivity contribution in [1.29, 1.82) is 0 Å². The van der Waals surface area contributed by atoms with E-state index < -0.39 is 0 Å². The summed E-state index contributed by atoms with van der Waals surface area (Å²) in [5, 5.41) is 0. The monoisotopic (exact) mass is 176 g/mol. The normalized spacial score (nSPS) is 9.69. The molecule has 0 fully saturated rings. The van der Waals surface area contributed by atoms with Crippen molar-refractivity contribution < 1.29 is 0 Å². The summed E-state index contributed by atoms with van der Waals surface area (Å²) in [6, 6.07) is 5.96. The lowest BCUT2D eigenvalue weighted by molar-refractivity contribution is 1.10. The summed E-state index contributed by atoms with van der Waals surface area (Å²) >= 11 is 0. The van der Waals surface area contributed by atoms with E-state index in [0.29, 0.717) is 0 Å². The van der Waals surface area contributed by atoms with E-state index in [0.717, 1.165) is 12.1 Å². The highest BCUT2D eigenvalue weighted by Crippen LogP contribution is 2.22. The van der Waals surface area contributed by atoms with Gasteiger partial charge in [0.1, 0.15) is 0 Å². The zero-order chi connectivity index (χ0) is 9.84. The van der Waals surface area contributed by atoms with Gasteiger partial charge in [-0.3, -0.25) is 0 Å². The molecular formula is C11H16N2. The fourth-order valence-corrected chi connectivity index (χ4v) is 1.33. The van der Waals surface area contributed by atoms with E-state index in [1.807, 2.05) is 38.4 Å². The van der Waals surface area contributed by atoms with Gasteiger partial charge in [-0.15, -0.1) is 6.58 Å². The molecule has 2 N–H and O–H groups in total. The van der Waals surface area contributed by atoms with Crippen molar-refractivity contribution in [2.75, 3.05) is 24.7 Å². The Labute approximate surface area is 79.7 Å². The van der Waals surface area contributed by atoms with E-state index in [4.69, 9.17) is 5.73 Å². The van der Waals surface area contributed by atoms with Crippen LogP contribution in [0.3, 0.4) is 0 Å². The van der Waals surface area contributed by atoms with Crippen LogP contribution in [0.5, 0.6) is 0 Å². The van der Waals surface area contributed by atoms with Crippen molar-refractivity contribution >= 4 is 11.4 Å². The van der Waals surface area contributed by atoms with E-state index >= 15 is 0 Å². The first-order chi connectivity index (χ1) is 6.15. The molecule has 0 heterocycles. The topological polar surface area (TPSA) is 29.3 Å². The van der Waals surface area contributed by atoms with Gasteiger partial charge in [-0.05, 0) is 24.1 Å². The van der Waals surface area contributed by atoms with Gasteiger partial charge >= 0.3 is 0 Å². The first-order valence-corrected chi connectivity index (χ1v) is 4.31. The second-order valence-corrected chi connectivity index (χ2v) is 3.28. The predicted molar refractivity (Wildman–Crippen MR) is 59.1 cm³/mol. The number of nitrogen functional groups attached to an aromatic ring is 1. The third-order valence-corrected chi connectivity index (χ3v) is 1.96. The Bertz CT molecular complexity index is 303. The van der Waals surface area contributed by atoms with Crippen LogP contribution in [0.4, 0.5) is 11.4 Å². The molecule has 0 amide bonds. The number of benzene rings is 1. The van der Waals surface area contributed by atoms with Crippen LogP contribution in [-0.4, -0.2) is 14.1 Å². The first kappa shape index (κ1) is 9.65. The highest BCUT2D eigenvalue weighted by atomic mass is 15.1. The molecule has 0 atom stereocenters. The minimum atomic E-state index is 0.802. The van der Waals surface area contributed by atoms with E-state index in [1.54, 1.807) is 0 Å². The number of allylic oxidation sites excluding steroid dienone is 1. The van der Waals surface area contributed by atoms with Crippen LogP contribution in [0.1, 0.15) is 5.56 Å². The number of rotatable bonds is 3. The molecule has 2 heteroatoms. The number of nitrogens with two attached hydrogens (primary N) is 1. The SMILES string of the molecule is C=CCc1ccc(N)cc1N(C)C. The molecule has 0 bridgehead atoms. The van der Waals surface area contributed by atoms with Gasteiger partial charge in [0.2, 0.25) is 0 Å². The first-order valence-electron chi connectivity index (χ1n) is 4.31. The Balaban J connectivity index is 3.10. The summed E-state index contributed by atoms with van der Waals surface area (Å²) in [7, 11) is 4.03. The third kappa shape index (κ3) is 2.25. The summed E-state index contributed by atoms with van der Waals surface area (Å²) < 4.78 is 0. The zero-order valence-electron chi connectivity index (χ0n) is 8.25. The summed E-state index contributed by atoms with van der Waals surface area (Å²) in [6.45, 7) is 3.73. The molecular weight excluding hydrogens is 160 g/mol. The van der Waals surface area contributed by atoms with Gasteiger partial charge in [0.15, 0.2) is 0 Å². The number of nitrogens with zero attached hydrogens (tertiary/aromatic N) is 1. The maximum atomic E-state index is 5.71. The lowest BCUT2D eigenvalue weighted by atomic mass is 10.1. The number of hydrogen-bond donors (Lipinski definition) is 1. The van der Waals surface area contributed by atoms with Gasteiger partial charge in [0.25, 0.3) is 0 Å². The molecule has 2 nitrogen and oxygen atoms in total. The highest BCUT2D eigenvalue weighted by Gasteiger charge is 2.02. The Morgan fingerprint density at radius 3 is 2.69 bits per heavy atom. The van der Waals surface area contributed by atoms with Crippen LogP contribution in [0, 0.1) is 0 Å². The van der Waals surface area contributed by atoms with Gasteiger partial charge in [-0.2, -0.15) is 0 Å². The van der Waals surface area contributed by atoms with Crippen molar-refractivity contribution in [1.82, 2.24) is 0 Å². The molecule has 0 aromatic heterocycles. The van der Waals surface area contributed by atoms with Crippen molar-refractivity contribution in [3.63, 3.8) is 0 Å². The molecule has 0 aliphatic carbocycles. The van der Waals surface area contributed by atoms with Crippen LogP contribution >= 0.6 is 0 Å². The Morgan fingerprint density at radius 1 is 1.46 bits per heavy atom. The molecule has 70 valence electrons. The smallest absolute Gasteiger partial charge is 0.0417 e. The molecule has 0 aliphatic heterocycles.